The average molecular weight is 276 g/mol. The van der Waals surface area contributed by atoms with Crippen LogP contribution in [0.15, 0.2) is 36.4 Å². The first kappa shape index (κ1) is 13.4. The second-order valence-electron chi connectivity index (χ2n) is 4.44. The van der Waals surface area contributed by atoms with E-state index in [9.17, 15) is 9.90 Å². The summed E-state index contributed by atoms with van der Waals surface area (Å²) < 4.78 is 0. The molecule has 4 heteroatoms. The van der Waals surface area contributed by atoms with E-state index in [1.165, 1.54) is 12.1 Å². The monoisotopic (exact) mass is 275 g/mol. The molecule has 2 aromatic rings. The molecule has 19 heavy (non-hydrogen) atoms. The van der Waals surface area contributed by atoms with Crippen LogP contribution in [0, 0.1) is 13.8 Å². The lowest BCUT2D eigenvalue weighted by Gasteiger charge is -2.09. The van der Waals surface area contributed by atoms with Gasteiger partial charge in [0.05, 0.1) is 5.02 Å². The highest BCUT2D eigenvalue weighted by atomic mass is 35.5. The SMILES string of the molecule is Cc1ccc(C)c(C(=O)Nc2ccc(Cl)c(O)c2)c1. The number of phenols is 1. The van der Waals surface area contributed by atoms with Crippen molar-refractivity contribution >= 4 is 23.2 Å². The van der Waals surface area contributed by atoms with Gasteiger partial charge in [-0.05, 0) is 37.6 Å². The van der Waals surface area contributed by atoms with E-state index < -0.39 is 0 Å². The smallest absolute Gasteiger partial charge is 0.255 e. The third-order valence-electron chi connectivity index (χ3n) is 2.84. The van der Waals surface area contributed by atoms with Crippen molar-refractivity contribution in [2.45, 2.75) is 13.8 Å². The van der Waals surface area contributed by atoms with Crippen molar-refractivity contribution in [2.75, 3.05) is 5.32 Å². The average Bonchev–Trinajstić information content (AvgIpc) is 2.36. The molecular weight excluding hydrogens is 262 g/mol. The summed E-state index contributed by atoms with van der Waals surface area (Å²) in [6, 6.07) is 10.3. The maximum atomic E-state index is 12.2. The molecular formula is C15H14ClNO2. The Labute approximate surface area is 116 Å². The third-order valence-corrected chi connectivity index (χ3v) is 3.16. The van der Waals surface area contributed by atoms with Gasteiger partial charge in [0.1, 0.15) is 5.75 Å². The second kappa shape index (κ2) is 5.33. The molecule has 0 saturated carbocycles. The molecule has 0 aliphatic rings. The number of benzene rings is 2. The van der Waals surface area contributed by atoms with Crippen LogP contribution in [0.2, 0.25) is 5.02 Å². The topological polar surface area (TPSA) is 49.3 Å². The minimum Gasteiger partial charge on any atom is -0.506 e. The van der Waals surface area contributed by atoms with Crippen LogP contribution < -0.4 is 5.32 Å². The Morgan fingerprint density at radius 1 is 1.16 bits per heavy atom. The minimum absolute atomic E-state index is 0.0552. The van der Waals surface area contributed by atoms with Gasteiger partial charge in [0.25, 0.3) is 5.91 Å². The van der Waals surface area contributed by atoms with Crippen LogP contribution in [-0.4, -0.2) is 11.0 Å². The highest BCUT2D eigenvalue weighted by molar-refractivity contribution is 6.32. The molecule has 2 aromatic carbocycles. The molecule has 0 radical (unpaired) electrons. The van der Waals surface area contributed by atoms with E-state index in [1.54, 1.807) is 6.07 Å². The number of aromatic hydroxyl groups is 1. The molecule has 0 atom stereocenters. The van der Waals surface area contributed by atoms with Crippen LogP contribution >= 0.6 is 11.6 Å². The quantitative estimate of drug-likeness (QED) is 0.873. The van der Waals surface area contributed by atoms with Crippen molar-refractivity contribution in [3.8, 4) is 5.75 Å². The summed E-state index contributed by atoms with van der Waals surface area (Å²) in [4.78, 5) is 12.2. The van der Waals surface area contributed by atoms with E-state index >= 15 is 0 Å². The predicted molar refractivity (Wildman–Crippen MR) is 77.0 cm³/mol. The van der Waals surface area contributed by atoms with E-state index in [1.807, 2.05) is 32.0 Å². The highest BCUT2D eigenvalue weighted by Crippen LogP contribution is 2.26. The van der Waals surface area contributed by atoms with Gasteiger partial charge < -0.3 is 10.4 Å². The number of hydrogen-bond acceptors (Lipinski definition) is 2. The molecule has 0 fully saturated rings. The van der Waals surface area contributed by atoms with Crippen LogP contribution in [0.3, 0.4) is 0 Å². The van der Waals surface area contributed by atoms with E-state index in [0.717, 1.165) is 11.1 Å². The van der Waals surface area contributed by atoms with Crippen molar-refractivity contribution in [2.24, 2.45) is 0 Å². The van der Waals surface area contributed by atoms with Crippen LogP contribution in [0.4, 0.5) is 5.69 Å². The zero-order valence-electron chi connectivity index (χ0n) is 10.7. The first-order chi connectivity index (χ1) is 8.97. The van der Waals surface area contributed by atoms with Gasteiger partial charge in [-0.3, -0.25) is 4.79 Å². The Bertz CT molecular complexity index is 638. The molecule has 2 N–H and O–H groups in total. The maximum absolute atomic E-state index is 12.2. The van der Waals surface area contributed by atoms with Gasteiger partial charge in [-0.25, -0.2) is 0 Å². The minimum atomic E-state index is -0.206. The normalized spacial score (nSPS) is 10.3. The van der Waals surface area contributed by atoms with Crippen LogP contribution in [0.25, 0.3) is 0 Å². The molecule has 3 nitrogen and oxygen atoms in total. The lowest BCUT2D eigenvalue weighted by Crippen LogP contribution is -2.13. The molecule has 0 spiro atoms. The molecule has 0 aliphatic carbocycles. The van der Waals surface area contributed by atoms with E-state index in [4.69, 9.17) is 11.6 Å². The van der Waals surface area contributed by atoms with Crippen molar-refractivity contribution in [3.05, 3.63) is 58.1 Å². The number of nitrogens with one attached hydrogen (secondary N) is 1. The molecule has 0 heterocycles. The summed E-state index contributed by atoms with van der Waals surface area (Å²) >= 11 is 5.72. The molecule has 0 unspecified atom stereocenters. The van der Waals surface area contributed by atoms with Gasteiger partial charge in [-0.15, -0.1) is 0 Å². The van der Waals surface area contributed by atoms with E-state index in [2.05, 4.69) is 5.32 Å². The lowest BCUT2D eigenvalue weighted by molar-refractivity contribution is 0.102. The number of halogens is 1. The summed E-state index contributed by atoms with van der Waals surface area (Å²) in [5.74, 6) is -0.261. The number of carbonyl (C=O) groups excluding carboxylic acids is 1. The van der Waals surface area contributed by atoms with Gasteiger partial charge in [0.15, 0.2) is 0 Å². The van der Waals surface area contributed by atoms with Crippen molar-refractivity contribution < 1.29 is 9.90 Å². The number of phenolic OH excluding ortho intramolecular Hbond substituents is 1. The Hall–Kier alpha value is -2.00. The fourth-order valence-electron chi connectivity index (χ4n) is 1.77. The number of anilines is 1. The maximum Gasteiger partial charge on any atom is 0.255 e. The number of carbonyl (C=O) groups is 1. The second-order valence-corrected chi connectivity index (χ2v) is 4.85. The van der Waals surface area contributed by atoms with E-state index in [-0.39, 0.29) is 16.7 Å². The molecule has 0 bridgehead atoms. The van der Waals surface area contributed by atoms with Gasteiger partial charge in [0, 0.05) is 17.3 Å². The first-order valence-corrected chi connectivity index (χ1v) is 6.22. The summed E-state index contributed by atoms with van der Waals surface area (Å²) in [7, 11) is 0. The van der Waals surface area contributed by atoms with Crippen LogP contribution in [-0.2, 0) is 0 Å². The summed E-state index contributed by atoms with van der Waals surface area (Å²) in [5, 5.41) is 12.5. The molecule has 1 amide bonds. The molecule has 0 saturated heterocycles. The number of aryl methyl sites for hydroxylation is 2. The third kappa shape index (κ3) is 3.06. The van der Waals surface area contributed by atoms with Crippen LogP contribution in [0.1, 0.15) is 21.5 Å². The Morgan fingerprint density at radius 2 is 1.89 bits per heavy atom. The van der Waals surface area contributed by atoms with E-state index in [0.29, 0.717) is 11.3 Å². The molecule has 0 aliphatic heterocycles. The lowest BCUT2D eigenvalue weighted by atomic mass is 10.1. The zero-order chi connectivity index (χ0) is 14.0. The predicted octanol–water partition coefficient (Wildman–Crippen LogP) is 3.91. The highest BCUT2D eigenvalue weighted by Gasteiger charge is 2.10. The molecule has 98 valence electrons. The summed E-state index contributed by atoms with van der Waals surface area (Å²) in [5.41, 5.74) is 3.05. The fourth-order valence-corrected chi connectivity index (χ4v) is 1.89. The molecule has 2 rings (SSSR count). The van der Waals surface area contributed by atoms with Crippen LogP contribution in [0.5, 0.6) is 5.75 Å². The van der Waals surface area contributed by atoms with Gasteiger partial charge in [-0.1, -0.05) is 29.3 Å². The van der Waals surface area contributed by atoms with Crippen molar-refractivity contribution in [3.63, 3.8) is 0 Å². The number of amides is 1. The number of hydrogen-bond donors (Lipinski definition) is 2. The van der Waals surface area contributed by atoms with Gasteiger partial charge >= 0.3 is 0 Å². The molecule has 0 aromatic heterocycles. The van der Waals surface area contributed by atoms with Crippen molar-refractivity contribution in [1.82, 2.24) is 0 Å². The fraction of sp³-hybridized carbons (Fsp3) is 0.133. The largest absolute Gasteiger partial charge is 0.506 e. The standard InChI is InChI=1S/C15H14ClNO2/c1-9-3-4-10(2)12(7-9)15(19)17-11-5-6-13(16)14(18)8-11/h3-8,18H,1-2H3,(H,17,19). The van der Waals surface area contributed by atoms with Crippen molar-refractivity contribution in [1.29, 1.82) is 0 Å². The Kier molecular flexibility index (Phi) is 3.76. The first-order valence-electron chi connectivity index (χ1n) is 5.84. The number of rotatable bonds is 2. The summed E-state index contributed by atoms with van der Waals surface area (Å²) in [6.45, 7) is 3.82. The van der Waals surface area contributed by atoms with Gasteiger partial charge in [-0.2, -0.15) is 0 Å². The summed E-state index contributed by atoms with van der Waals surface area (Å²) in [6.07, 6.45) is 0. The Morgan fingerprint density at radius 3 is 2.58 bits per heavy atom. The van der Waals surface area contributed by atoms with Gasteiger partial charge in [0.2, 0.25) is 0 Å². The Balaban J connectivity index is 2.25. The zero-order valence-corrected chi connectivity index (χ0v) is 11.5.